The van der Waals surface area contributed by atoms with Crippen LogP contribution in [0.2, 0.25) is 0 Å². The van der Waals surface area contributed by atoms with Gasteiger partial charge in [0.1, 0.15) is 0 Å². The lowest BCUT2D eigenvalue weighted by atomic mass is 10.1. The van der Waals surface area contributed by atoms with E-state index in [1.807, 2.05) is 45.0 Å². The third kappa shape index (κ3) is 4.03. The molecule has 0 saturated heterocycles. The molecule has 1 aromatic carbocycles. The first-order chi connectivity index (χ1) is 11.3. The molecule has 0 fully saturated rings. The third-order valence-electron chi connectivity index (χ3n) is 4.22. The Labute approximate surface area is 147 Å². The number of nitrogens with zero attached hydrogens (tertiary/aromatic N) is 1. The highest BCUT2D eigenvalue weighted by atomic mass is 32.1. The molecule has 2 amide bonds. The third-order valence-corrected chi connectivity index (χ3v) is 5.30. The van der Waals surface area contributed by atoms with Crippen molar-refractivity contribution in [2.45, 2.75) is 34.1 Å². The zero-order valence-electron chi connectivity index (χ0n) is 14.9. The molecule has 0 aliphatic carbocycles. The fourth-order valence-electron chi connectivity index (χ4n) is 2.53. The van der Waals surface area contributed by atoms with Gasteiger partial charge in [-0.05, 0) is 56.0 Å². The highest BCUT2D eigenvalue weighted by molar-refractivity contribution is 7.14. The molecule has 0 aliphatic heterocycles. The summed E-state index contributed by atoms with van der Waals surface area (Å²) >= 11 is 1.49. The first kappa shape index (κ1) is 18.2. The van der Waals surface area contributed by atoms with Crippen LogP contribution in [0.5, 0.6) is 0 Å². The summed E-state index contributed by atoms with van der Waals surface area (Å²) in [5.41, 5.74) is 4.15. The van der Waals surface area contributed by atoms with E-state index in [9.17, 15) is 9.59 Å². The second kappa shape index (κ2) is 7.62. The molecule has 5 heteroatoms. The largest absolute Gasteiger partial charge is 0.332 e. The Kier molecular flexibility index (Phi) is 5.78. The van der Waals surface area contributed by atoms with Gasteiger partial charge in [-0.25, -0.2) is 0 Å². The monoisotopic (exact) mass is 344 g/mol. The Morgan fingerprint density at radius 2 is 1.92 bits per heavy atom. The zero-order chi connectivity index (χ0) is 17.9. The number of anilines is 1. The molecule has 1 heterocycles. The van der Waals surface area contributed by atoms with Gasteiger partial charge in [0.15, 0.2) is 0 Å². The average molecular weight is 344 g/mol. The molecule has 0 aliphatic rings. The number of aryl methyl sites for hydroxylation is 3. The van der Waals surface area contributed by atoms with Crippen LogP contribution in [0.3, 0.4) is 0 Å². The quantitative estimate of drug-likeness (QED) is 0.893. The Bertz CT molecular complexity index is 765. The summed E-state index contributed by atoms with van der Waals surface area (Å²) in [5, 5.41) is 2.89. The maximum atomic E-state index is 12.5. The van der Waals surface area contributed by atoms with Crippen LogP contribution >= 0.6 is 11.3 Å². The fraction of sp³-hybridized carbons (Fsp3) is 0.368. The molecule has 0 bridgehead atoms. The molecule has 0 spiro atoms. The molecular formula is C19H24N2O2S. The number of amides is 2. The van der Waals surface area contributed by atoms with E-state index < -0.39 is 0 Å². The van der Waals surface area contributed by atoms with Gasteiger partial charge in [-0.2, -0.15) is 0 Å². The maximum Gasteiger partial charge on any atom is 0.264 e. The summed E-state index contributed by atoms with van der Waals surface area (Å²) in [6.07, 6.45) is 0.909. The van der Waals surface area contributed by atoms with Crippen molar-refractivity contribution in [1.29, 1.82) is 0 Å². The summed E-state index contributed by atoms with van der Waals surface area (Å²) in [5.74, 6) is -0.303. The molecule has 0 unspecified atom stereocenters. The topological polar surface area (TPSA) is 49.4 Å². The van der Waals surface area contributed by atoms with Crippen molar-refractivity contribution in [2.24, 2.45) is 0 Å². The zero-order valence-corrected chi connectivity index (χ0v) is 15.7. The van der Waals surface area contributed by atoms with E-state index in [-0.39, 0.29) is 18.4 Å². The van der Waals surface area contributed by atoms with Crippen molar-refractivity contribution in [3.63, 3.8) is 0 Å². The number of rotatable bonds is 5. The van der Waals surface area contributed by atoms with Crippen molar-refractivity contribution in [1.82, 2.24) is 4.90 Å². The van der Waals surface area contributed by atoms with Crippen molar-refractivity contribution in [2.75, 3.05) is 18.9 Å². The molecule has 24 heavy (non-hydrogen) atoms. The van der Waals surface area contributed by atoms with Gasteiger partial charge in [-0.1, -0.05) is 19.1 Å². The van der Waals surface area contributed by atoms with Gasteiger partial charge >= 0.3 is 0 Å². The molecule has 2 aromatic rings. The summed E-state index contributed by atoms with van der Waals surface area (Å²) in [6.45, 7) is 8.11. The first-order valence-corrected chi connectivity index (χ1v) is 8.86. The molecule has 0 radical (unpaired) electrons. The number of carbonyl (C=O) groups excluding carboxylic acids is 2. The van der Waals surface area contributed by atoms with Crippen molar-refractivity contribution in [3.8, 4) is 0 Å². The highest BCUT2D eigenvalue weighted by Gasteiger charge is 2.18. The van der Waals surface area contributed by atoms with Crippen LogP contribution < -0.4 is 5.32 Å². The van der Waals surface area contributed by atoms with E-state index in [2.05, 4.69) is 12.2 Å². The molecule has 1 aromatic heterocycles. The van der Waals surface area contributed by atoms with Crippen LogP contribution in [0, 0.1) is 20.8 Å². The number of hydrogen-bond donors (Lipinski definition) is 1. The van der Waals surface area contributed by atoms with E-state index in [0.717, 1.165) is 28.1 Å². The van der Waals surface area contributed by atoms with Crippen LogP contribution in [0.1, 0.15) is 38.2 Å². The van der Waals surface area contributed by atoms with Crippen LogP contribution in [0.25, 0.3) is 0 Å². The van der Waals surface area contributed by atoms with Gasteiger partial charge in [0.2, 0.25) is 5.91 Å². The fourth-order valence-corrected chi connectivity index (χ4v) is 3.64. The minimum atomic E-state index is -0.191. The predicted octanol–water partition coefficient (Wildman–Crippen LogP) is 3.95. The molecule has 2 rings (SSSR count). The number of thiophene rings is 1. The molecule has 0 atom stereocenters. The van der Waals surface area contributed by atoms with Gasteiger partial charge in [-0.3, -0.25) is 9.59 Å². The summed E-state index contributed by atoms with van der Waals surface area (Å²) in [7, 11) is 1.66. The number of carbonyl (C=O) groups is 2. The van der Waals surface area contributed by atoms with Crippen LogP contribution in [0.15, 0.2) is 24.3 Å². The van der Waals surface area contributed by atoms with E-state index >= 15 is 0 Å². The van der Waals surface area contributed by atoms with Gasteiger partial charge in [-0.15, -0.1) is 11.3 Å². The van der Waals surface area contributed by atoms with Crippen LogP contribution in [-0.2, 0) is 11.2 Å². The summed E-state index contributed by atoms with van der Waals surface area (Å²) in [6, 6.07) is 7.72. The van der Waals surface area contributed by atoms with Gasteiger partial charge in [0, 0.05) is 17.6 Å². The second-order valence-corrected chi connectivity index (χ2v) is 7.26. The average Bonchev–Trinajstić information content (AvgIpc) is 2.92. The lowest BCUT2D eigenvalue weighted by Gasteiger charge is -2.17. The number of nitrogens with one attached hydrogen (secondary N) is 1. The number of hydrogen-bond acceptors (Lipinski definition) is 3. The first-order valence-electron chi connectivity index (χ1n) is 8.04. The minimum absolute atomic E-state index is 0.0324. The lowest BCUT2D eigenvalue weighted by molar-refractivity contribution is -0.116. The van der Waals surface area contributed by atoms with E-state index in [1.54, 1.807) is 7.05 Å². The molecule has 4 nitrogen and oxygen atoms in total. The van der Waals surface area contributed by atoms with Crippen molar-refractivity contribution >= 4 is 28.8 Å². The molecular weight excluding hydrogens is 320 g/mol. The smallest absolute Gasteiger partial charge is 0.264 e. The maximum absolute atomic E-state index is 12.5. The van der Waals surface area contributed by atoms with Crippen LogP contribution in [0.4, 0.5) is 5.69 Å². The Morgan fingerprint density at radius 3 is 2.54 bits per heavy atom. The Balaban J connectivity index is 2.02. The van der Waals surface area contributed by atoms with E-state index in [4.69, 9.17) is 0 Å². The van der Waals surface area contributed by atoms with Gasteiger partial charge in [0.25, 0.3) is 5.91 Å². The number of likely N-dealkylation sites (N-methyl/N-ethyl adjacent to an activating group) is 1. The van der Waals surface area contributed by atoms with Crippen LogP contribution in [-0.4, -0.2) is 30.3 Å². The van der Waals surface area contributed by atoms with Crippen molar-refractivity contribution < 1.29 is 9.59 Å². The molecule has 1 N–H and O–H groups in total. The molecule has 128 valence electrons. The normalized spacial score (nSPS) is 10.5. The Morgan fingerprint density at radius 1 is 1.21 bits per heavy atom. The standard InChI is InChI=1S/C19H24N2O2S/c1-6-15-10-17(24-14(15)4)19(23)21(5)11-18(22)20-16-9-7-8-12(2)13(16)3/h7-10H,6,11H2,1-5H3,(H,20,22). The van der Waals surface area contributed by atoms with Crippen molar-refractivity contribution in [3.05, 3.63) is 50.7 Å². The summed E-state index contributed by atoms with van der Waals surface area (Å²) in [4.78, 5) is 28.1. The van der Waals surface area contributed by atoms with E-state index in [1.165, 1.54) is 21.8 Å². The highest BCUT2D eigenvalue weighted by Crippen LogP contribution is 2.23. The number of benzene rings is 1. The van der Waals surface area contributed by atoms with Gasteiger partial charge < -0.3 is 10.2 Å². The predicted molar refractivity (Wildman–Crippen MR) is 99.9 cm³/mol. The Hall–Kier alpha value is -2.14. The minimum Gasteiger partial charge on any atom is -0.332 e. The molecule has 0 saturated carbocycles. The SMILES string of the molecule is CCc1cc(C(=O)N(C)CC(=O)Nc2cccc(C)c2C)sc1C. The van der Waals surface area contributed by atoms with Gasteiger partial charge in [0.05, 0.1) is 11.4 Å². The second-order valence-electron chi connectivity index (χ2n) is 6.00. The van der Waals surface area contributed by atoms with E-state index in [0.29, 0.717) is 4.88 Å². The summed E-state index contributed by atoms with van der Waals surface area (Å²) < 4.78 is 0. The lowest BCUT2D eigenvalue weighted by Crippen LogP contribution is -2.34.